The number of alkyl halides is 3. The van der Waals surface area contributed by atoms with E-state index < -0.39 is 11.9 Å². The van der Waals surface area contributed by atoms with Gasteiger partial charge in [0.25, 0.3) is 0 Å². The highest BCUT2D eigenvalue weighted by Gasteiger charge is 2.46. The van der Waals surface area contributed by atoms with Gasteiger partial charge in [-0.2, -0.15) is 13.2 Å². The van der Waals surface area contributed by atoms with Crippen molar-refractivity contribution >= 4 is 28.7 Å². The Morgan fingerprint density at radius 1 is 1.35 bits per heavy atom. The molecule has 26 heavy (non-hydrogen) atoms. The molecule has 2 aromatic rings. The number of hydrogen-bond donors (Lipinski definition) is 1. The number of halogens is 3. The van der Waals surface area contributed by atoms with Gasteiger partial charge in [0.15, 0.2) is 5.65 Å². The number of carbonyl (C=O) groups excluding carboxylic acids is 1. The van der Waals surface area contributed by atoms with Crippen LogP contribution in [0, 0.1) is 11.3 Å². The Bertz CT molecular complexity index is 969. The number of fused-ring (bicyclic) bond motifs is 1. The summed E-state index contributed by atoms with van der Waals surface area (Å²) in [6.07, 6.45) is 2.01. The van der Waals surface area contributed by atoms with Crippen molar-refractivity contribution in [3.8, 4) is 0 Å². The lowest BCUT2D eigenvalue weighted by Gasteiger charge is -2.14. The third-order valence-electron chi connectivity index (χ3n) is 4.99. The fourth-order valence-corrected chi connectivity index (χ4v) is 3.10. The molecular formula is C18H17F3N4O. The molecule has 0 spiro atoms. The van der Waals surface area contributed by atoms with Crippen LogP contribution in [0.25, 0.3) is 16.9 Å². The number of aromatic nitrogens is 3. The fourth-order valence-electron chi connectivity index (χ4n) is 3.10. The van der Waals surface area contributed by atoms with E-state index in [0.29, 0.717) is 23.6 Å². The lowest BCUT2D eigenvalue weighted by molar-refractivity contribution is -0.141. The first-order chi connectivity index (χ1) is 12.1. The molecule has 2 heterocycles. The van der Waals surface area contributed by atoms with Gasteiger partial charge in [-0.05, 0) is 42.0 Å². The zero-order valence-electron chi connectivity index (χ0n) is 14.3. The van der Waals surface area contributed by atoms with Crippen LogP contribution in [0.5, 0.6) is 0 Å². The zero-order valence-corrected chi connectivity index (χ0v) is 14.3. The van der Waals surface area contributed by atoms with Crippen LogP contribution in [0.4, 0.5) is 19.1 Å². The quantitative estimate of drug-likeness (QED) is 0.885. The second-order valence-electron chi connectivity index (χ2n) is 7.40. The smallest absolute Gasteiger partial charge is 0.296 e. The molecule has 0 aliphatic heterocycles. The predicted octanol–water partition coefficient (Wildman–Crippen LogP) is 4.24. The Balaban J connectivity index is 1.69. The summed E-state index contributed by atoms with van der Waals surface area (Å²) in [4.78, 5) is 20.3. The molecule has 2 aromatic heterocycles. The summed E-state index contributed by atoms with van der Waals surface area (Å²) in [6, 6.07) is 2.16. The Morgan fingerprint density at radius 3 is 2.58 bits per heavy atom. The highest BCUT2D eigenvalue weighted by molar-refractivity contribution is 5.94. The van der Waals surface area contributed by atoms with E-state index in [1.807, 2.05) is 0 Å². The van der Waals surface area contributed by atoms with Crippen molar-refractivity contribution < 1.29 is 18.0 Å². The Hall–Kier alpha value is -2.64. The van der Waals surface area contributed by atoms with Crippen molar-refractivity contribution in [1.82, 2.24) is 14.5 Å². The molecule has 4 rings (SSSR count). The maximum atomic E-state index is 13.0. The van der Waals surface area contributed by atoms with Crippen LogP contribution < -0.4 is 5.32 Å². The maximum Gasteiger partial charge on any atom is 0.433 e. The standard InChI is InChI=1S/C18H17F3N4O/c1-17(2)9-10(17)8-14(26)24-16-22-12-6-7-13(18(19,20)21)23-15(12)25(16)11-4-3-5-11/h3-7,10H,8-9H2,1-2H3,(H,22,24,26). The zero-order chi connectivity index (χ0) is 18.7. The molecule has 0 aromatic carbocycles. The molecular weight excluding hydrogens is 345 g/mol. The van der Waals surface area contributed by atoms with E-state index in [-0.39, 0.29) is 22.9 Å². The molecule has 5 nitrogen and oxygen atoms in total. The van der Waals surface area contributed by atoms with E-state index in [1.165, 1.54) is 10.6 Å². The number of allylic oxidation sites excluding steroid dienone is 4. The summed E-state index contributed by atoms with van der Waals surface area (Å²) < 4.78 is 40.4. The third-order valence-corrected chi connectivity index (χ3v) is 4.99. The molecule has 8 heteroatoms. The molecule has 2 aliphatic rings. The molecule has 1 atom stereocenters. The number of carbonyl (C=O) groups is 1. The van der Waals surface area contributed by atoms with Crippen molar-refractivity contribution in [3.05, 3.63) is 36.1 Å². The molecule has 1 N–H and O–H groups in total. The fraction of sp³-hybridized carbons (Fsp3) is 0.389. The summed E-state index contributed by atoms with van der Waals surface area (Å²) in [6.45, 7) is 4.21. The van der Waals surface area contributed by atoms with Crippen molar-refractivity contribution in [2.24, 2.45) is 11.3 Å². The van der Waals surface area contributed by atoms with Crippen molar-refractivity contribution in [1.29, 1.82) is 0 Å². The summed E-state index contributed by atoms with van der Waals surface area (Å²) in [5.74, 6) is 0.307. The highest BCUT2D eigenvalue weighted by Crippen LogP contribution is 2.53. The summed E-state index contributed by atoms with van der Waals surface area (Å²) in [5, 5.41) is 2.73. The average molecular weight is 362 g/mol. The number of nitrogens with one attached hydrogen (secondary N) is 1. The first-order valence-electron chi connectivity index (χ1n) is 8.30. The molecule has 0 saturated heterocycles. The minimum atomic E-state index is -4.55. The van der Waals surface area contributed by atoms with E-state index in [4.69, 9.17) is 0 Å². The van der Waals surface area contributed by atoms with E-state index >= 15 is 0 Å². The summed E-state index contributed by atoms with van der Waals surface area (Å²) in [7, 11) is 0. The Kier molecular flexibility index (Phi) is 3.51. The minimum absolute atomic E-state index is 0.0671. The number of hydrogen-bond acceptors (Lipinski definition) is 3. The van der Waals surface area contributed by atoms with E-state index in [9.17, 15) is 18.0 Å². The molecule has 1 saturated carbocycles. The largest absolute Gasteiger partial charge is 0.433 e. The summed E-state index contributed by atoms with van der Waals surface area (Å²) in [5.41, 5.74) is 0.160. The van der Waals surface area contributed by atoms with Crippen LogP contribution in [0.15, 0.2) is 30.4 Å². The number of nitrogens with zero attached hydrogens (tertiary/aromatic N) is 3. The van der Waals surface area contributed by atoms with Gasteiger partial charge in [0.2, 0.25) is 11.9 Å². The van der Waals surface area contributed by atoms with Gasteiger partial charge in [0.1, 0.15) is 11.2 Å². The van der Waals surface area contributed by atoms with Crippen molar-refractivity contribution in [2.75, 3.05) is 5.32 Å². The van der Waals surface area contributed by atoms with Gasteiger partial charge in [-0.3, -0.25) is 14.7 Å². The monoisotopic (exact) mass is 362 g/mol. The third kappa shape index (κ3) is 2.89. The molecule has 136 valence electrons. The lowest BCUT2D eigenvalue weighted by atomic mass is 10.1. The lowest BCUT2D eigenvalue weighted by Crippen LogP contribution is -2.17. The van der Waals surface area contributed by atoms with Crippen LogP contribution in [-0.2, 0) is 11.0 Å². The molecule has 1 amide bonds. The Morgan fingerprint density at radius 2 is 2.04 bits per heavy atom. The van der Waals surface area contributed by atoms with Crippen molar-refractivity contribution in [2.45, 2.75) is 32.9 Å². The highest BCUT2D eigenvalue weighted by atomic mass is 19.4. The summed E-state index contributed by atoms with van der Waals surface area (Å²) >= 11 is 0. The van der Waals surface area contributed by atoms with Gasteiger partial charge in [0, 0.05) is 6.42 Å². The van der Waals surface area contributed by atoms with E-state index in [0.717, 1.165) is 12.5 Å². The SMILES string of the molecule is CC1(C)CC1CC(=O)Nc1nc2ccc(C(F)(F)F)nc2n1C1=CC=C1. The number of amides is 1. The first kappa shape index (κ1) is 16.8. The molecule has 0 radical (unpaired) electrons. The number of pyridine rings is 1. The van der Waals surface area contributed by atoms with Gasteiger partial charge >= 0.3 is 6.18 Å². The van der Waals surface area contributed by atoms with Crippen LogP contribution in [0.1, 0.15) is 32.4 Å². The topological polar surface area (TPSA) is 59.8 Å². The normalized spacial score (nSPS) is 20.7. The van der Waals surface area contributed by atoms with Crippen LogP contribution in [-0.4, -0.2) is 20.4 Å². The van der Waals surface area contributed by atoms with Gasteiger partial charge < -0.3 is 0 Å². The van der Waals surface area contributed by atoms with Gasteiger partial charge in [-0.25, -0.2) is 9.97 Å². The number of imidazole rings is 1. The Labute approximate surface area is 147 Å². The second-order valence-corrected chi connectivity index (χ2v) is 7.40. The van der Waals surface area contributed by atoms with Gasteiger partial charge in [0.05, 0.1) is 5.70 Å². The minimum Gasteiger partial charge on any atom is -0.296 e. The van der Waals surface area contributed by atoms with Crippen molar-refractivity contribution in [3.63, 3.8) is 0 Å². The van der Waals surface area contributed by atoms with Crippen LogP contribution in [0.3, 0.4) is 0 Å². The van der Waals surface area contributed by atoms with Gasteiger partial charge in [-0.15, -0.1) is 0 Å². The average Bonchev–Trinajstić information content (AvgIpc) is 2.92. The second kappa shape index (κ2) is 5.43. The van der Waals surface area contributed by atoms with Crippen LogP contribution >= 0.6 is 0 Å². The molecule has 1 fully saturated rings. The number of anilines is 1. The number of rotatable bonds is 4. The van der Waals surface area contributed by atoms with E-state index in [2.05, 4.69) is 29.1 Å². The van der Waals surface area contributed by atoms with Crippen LogP contribution in [0.2, 0.25) is 0 Å². The van der Waals surface area contributed by atoms with E-state index in [1.54, 1.807) is 18.2 Å². The molecule has 0 bridgehead atoms. The van der Waals surface area contributed by atoms with Gasteiger partial charge in [-0.1, -0.05) is 19.9 Å². The first-order valence-corrected chi connectivity index (χ1v) is 8.30. The predicted molar refractivity (Wildman–Crippen MR) is 91.1 cm³/mol. The molecule has 1 unspecified atom stereocenters. The molecule has 2 aliphatic carbocycles. The maximum absolute atomic E-state index is 13.0.